The second-order valence-electron chi connectivity index (χ2n) is 6.63. The molecule has 1 fully saturated rings. The summed E-state index contributed by atoms with van der Waals surface area (Å²) in [6.45, 7) is 7.52. The maximum atomic E-state index is 13.1. The summed E-state index contributed by atoms with van der Waals surface area (Å²) in [5.41, 5.74) is 0.569. The van der Waals surface area contributed by atoms with Crippen LogP contribution in [0.5, 0.6) is 5.75 Å². The summed E-state index contributed by atoms with van der Waals surface area (Å²) in [6.07, 6.45) is 0. The Labute approximate surface area is 160 Å². The van der Waals surface area contributed by atoms with E-state index < -0.39 is 0 Å². The first kappa shape index (κ1) is 19.0. The molecule has 1 aliphatic rings. The number of fused-ring (bicyclic) bond motifs is 1. The van der Waals surface area contributed by atoms with Crippen LogP contribution in [0.15, 0.2) is 36.4 Å². The lowest BCUT2D eigenvalue weighted by Gasteiger charge is -2.37. The van der Waals surface area contributed by atoms with Crippen molar-refractivity contribution in [1.29, 1.82) is 0 Å². The van der Waals surface area contributed by atoms with Crippen molar-refractivity contribution in [2.24, 2.45) is 0 Å². The second kappa shape index (κ2) is 8.29. The van der Waals surface area contributed by atoms with Gasteiger partial charge in [0.25, 0.3) is 5.91 Å². The molecule has 0 N–H and O–H groups in total. The Kier molecular flexibility index (Phi) is 5.84. The van der Waals surface area contributed by atoms with Crippen LogP contribution in [-0.2, 0) is 0 Å². The predicted molar refractivity (Wildman–Crippen MR) is 106 cm³/mol. The molecule has 1 saturated heterocycles. The van der Waals surface area contributed by atoms with E-state index >= 15 is 0 Å². The van der Waals surface area contributed by atoms with E-state index in [-0.39, 0.29) is 11.9 Å². The SMILES string of the molecule is CCN(CC)C(=O)N1CCN(C(=O)c2cc3ccccc3cc2OC)CC1. The fourth-order valence-corrected chi connectivity index (χ4v) is 3.52. The van der Waals surface area contributed by atoms with Gasteiger partial charge in [-0.3, -0.25) is 4.79 Å². The largest absolute Gasteiger partial charge is 0.496 e. The first-order valence-corrected chi connectivity index (χ1v) is 9.49. The topological polar surface area (TPSA) is 53.1 Å². The van der Waals surface area contributed by atoms with Crippen LogP contribution in [0, 0.1) is 0 Å². The molecule has 0 aromatic heterocycles. The second-order valence-corrected chi connectivity index (χ2v) is 6.63. The third-order valence-corrected chi connectivity index (χ3v) is 5.17. The smallest absolute Gasteiger partial charge is 0.320 e. The monoisotopic (exact) mass is 369 g/mol. The van der Waals surface area contributed by atoms with Gasteiger partial charge in [0, 0.05) is 39.3 Å². The third kappa shape index (κ3) is 3.84. The molecule has 3 rings (SSSR count). The summed E-state index contributed by atoms with van der Waals surface area (Å²) in [5, 5.41) is 2.05. The molecule has 1 heterocycles. The molecule has 0 spiro atoms. The Morgan fingerprint density at radius 2 is 1.52 bits per heavy atom. The molecular weight excluding hydrogens is 342 g/mol. The summed E-state index contributed by atoms with van der Waals surface area (Å²) in [4.78, 5) is 31.0. The number of hydrogen-bond donors (Lipinski definition) is 0. The predicted octanol–water partition coefficient (Wildman–Crippen LogP) is 3.07. The van der Waals surface area contributed by atoms with E-state index in [2.05, 4.69) is 0 Å². The molecular formula is C21H27N3O3. The number of hydrogen-bond acceptors (Lipinski definition) is 3. The van der Waals surface area contributed by atoms with Crippen molar-refractivity contribution in [3.8, 4) is 5.75 Å². The zero-order valence-electron chi connectivity index (χ0n) is 16.3. The maximum Gasteiger partial charge on any atom is 0.320 e. The van der Waals surface area contributed by atoms with Crippen molar-refractivity contribution in [1.82, 2.24) is 14.7 Å². The molecule has 1 aliphatic heterocycles. The lowest BCUT2D eigenvalue weighted by atomic mass is 10.0. The Hall–Kier alpha value is -2.76. The van der Waals surface area contributed by atoms with Crippen LogP contribution in [0.25, 0.3) is 10.8 Å². The maximum absolute atomic E-state index is 13.1. The van der Waals surface area contributed by atoms with Crippen molar-refractivity contribution in [2.45, 2.75) is 13.8 Å². The number of piperazine rings is 1. The molecule has 6 heteroatoms. The molecule has 0 unspecified atom stereocenters. The number of nitrogens with zero attached hydrogens (tertiary/aromatic N) is 3. The van der Waals surface area contributed by atoms with Gasteiger partial charge in [-0.25, -0.2) is 4.79 Å². The molecule has 2 aromatic carbocycles. The zero-order chi connectivity index (χ0) is 19.4. The van der Waals surface area contributed by atoms with E-state index in [1.54, 1.807) is 12.0 Å². The highest BCUT2D eigenvalue weighted by Crippen LogP contribution is 2.27. The van der Waals surface area contributed by atoms with Gasteiger partial charge in [-0.05, 0) is 36.8 Å². The highest BCUT2D eigenvalue weighted by molar-refractivity contribution is 6.01. The van der Waals surface area contributed by atoms with E-state index in [9.17, 15) is 9.59 Å². The van der Waals surface area contributed by atoms with Crippen molar-refractivity contribution >= 4 is 22.7 Å². The van der Waals surface area contributed by atoms with Gasteiger partial charge in [-0.2, -0.15) is 0 Å². The lowest BCUT2D eigenvalue weighted by molar-refractivity contribution is 0.0638. The van der Waals surface area contributed by atoms with Gasteiger partial charge in [0.2, 0.25) is 0 Å². The highest BCUT2D eigenvalue weighted by Gasteiger charge is 2.28. The molecule has 6 nitrogen and oxygen atoms in total. The molecule has 3 amide bonds. The van der Waals surface area contributed by atoms with Crippen LogP contribution in [0.3, 0.4) is 0 Å². The minimum atomic E-state index is -0.0486. The molecule has 0 aliphatic carbocycles. The van der Waals surface area contributed by atoms with E-state index in [4.69, 9.17) is 4.74 Å². The van der Waals surface area contributed by atoms with Crippen LogP contribution in [0.2, 0.25) is 0 Å². The summed E-state index contributed by atoms with van der Waals surface area (Å²) in [5.74, 6) is 0.535. The van der Waals surface area contributed by atoms with Crippen LogP contribution in [-0.4, -0.2) is 73.0 Å². The molecule has 0 bridgehead atoms. The van der Waals surface area contributed by atoms with Gasteiger partial charge in [-0.1, -0.05) is 24.3 Å². The number of urea groups is 1. The average molecular weight is 369 g/mol. The standard InChI is InChI=1S/C21H27N3O3/c1-4-22(5-2)21(26)24-12-10-23(11-13-24)20(25)18-14-16-8-6-7-9-17(16)15-19(18)27-3/h6-9,14-15H,4-5,10-13H2,1-3H3. The van der Waals surface area contributed by atoms with Crippen molar-refractivity contribution in [2.75, 3.05) is 46.4 Å². The molecule has 2 aromatic rings. The van der Waals surface area contributed by atoms with Crippen molar-refractivity contribution < 1.29 is 14.3 Å². The number of ether oxygens (including phenoxy) is 1. The Balaban J connectivity index is 1.74. The number of benzene rings is 2. The molecule has 0 radical (unpaired) electrons. The van der Waals surface area contributed by atoms with Gasteiger partial charge >= 0.3 is 6.03 Å². The van der Waals surface area contributed by atoms with Gasteiger partial charge in [-0.15, -0.1) is 0 Å². The summed E-state index contributed by atoms with van der Waals surface area (Å²) in [6, 6.07) is 11.8. The fraction of sp³-hybridized carbons (Fsp3) is 0.429. The number of carbonyl (C=O) groups is 2. The third-order valence-electron chi connectivity index (χ3n) is 5.17. The summed E-state index contributed by atoms with van der Waals surface area (Å²) in [7, 11) is 1.58. The van der Waals surface area contributed by atoms with Gasteiger partial charge in [0.1, 0.15) is 5.75 Å². The van der Waals surface area contributed by atoms with E-state index in [1.807, 2.05) is 60.0 Å². The average Bonchev–Trinajstić information content (AvgIpc) is 2.73. The van der Waals surface area contributed by atoms with E-state index in [0.717, 1.165) is 10.8 Å². The number of methoxy groups -OCH3 is 1. The number of carbonyl (C=O) groups excluding carboxylic acids is 2. The highest BCUT2D eigenvalue weighted by atomic mass is 16.5. The minimum absolute atomic E-state index is 0.0486. The molecule has 0 saturated carbocycles. The van der Waals surface area contributed by atoms with Crippen LogP contribution < -0.4 is 4.74 Å². The molecule has 144 valence electrons. The summed E-state index contributed by atoms with van der Waals surface area (Å²) < 4.78 is 5.47. The lowest BCUT2D eigenvalue weighted by Crippen LogP contribution is -2.54. The Bertz CT molecular complexity index is 825. The zero-order valence-corrected chi connectivity index (χ0v) is 16.3. The molecule has 27 heavy (non-hydrogen) atoms. The summed E-state index contributed by atoms with van der Waals surface area (Å²) >= 11 is 0. The number of amides is 3. The number of rotatable bonds is 4. The minimum Gasteiger partial charge on any atom is -0.496 e. The van der Waals surface area contributed by atoms with Crippen molar-refractivity contribution in [3.05, 3.63) is 42.0 Å². The van der Waals surface area contributed by atoms with Crippen LogP contribution in [0.4, 0.5) is 4.79 Å². The van der Waals surface area contributed by atoms with Gasteiger partial charge in [0.05, 0.1) is 12.7 Å². The van der Waals surface area contributed by atoms with Crippen LogP contribution in [0.1, 0.15) is 24.2 Å². The first-order chi connectivity index (χ1) is 13.1. The van der Waals surface area contributed by atoms with Crippen LogP contribution >= 0.6 is 0 Å². The Morgan fingerprint density at radius 3 is 2.07 bits per heavy atom. The Morgan fingerprint density at radius 1 is 0.963 bits per heavy atom. The quantitative estimate of drug-likeness (QED) is 0.832. The first-order valence-electron chi connectivity index (χ1n) is 9.49. The van der Waals surface area contributed by atoms with Gasteiger partial charge < -0.3 is 19.4 Å². The van der Waals surface area contributed by atoms with Crippen molar-refractivity contribution in [3.63, 3.8) is 0 Å². The van der Waals surface area contributed by atoms with E-state index in [0.29, 0.717) is 50.6 Å². The fourth-order valence-electron chi connectivity index (χ4n) is 3.52. The van der Waals surface area contributed by atoms with Gasteiger partial charge in [0.15, 0.2) is 0 Å². The van der Waals surface area contributed by atoms with E-state index in [1.165, 1.54) is 0 Å². The normalized spacial score (nSPS) is 14.3. The molecule has 0 atom stereocenters.